The van der Waals surface area contributed by atoms with E-state index in [4.69, 9.17) is 0 Å². The van der Waals surface area contributed by atoms with Gasteiger partial charge in [0.15, 0.2) is 5.78 Å². The summed E-state index contributed by atoms with van der Waals surface area (Å²) in [5, 5.41) is 0. The number of amides is 1. The van der Waals surface area contributed by atoms with Crippen LogP contribution < -0.4 is 0 Å². The van der Waals surface area contributed by atoms with Gasteiger partial charge in [-0.15, -0.1) is 0 Å². The maximum Gasteiger partial charge on any atom is 0.234 e. The van der Waals surface area contributed by atoms with Crippen LogP contribution in [-0.4, -0.2) is 23.1 Å². The molecule has 0 spiro atoms. The number of hydrogen-bond donors (Lipinski definition) is 0. The molecule has 16 heavy (non-hydrogen) atoms. The van der Waals surface area contributed by atoms with Crippen LogP contribution in [0.3, 0.4) is 0 Å². The minimum Gasteiger partial charge on any atom is -0.315 e. The van der Waals surface area contributed by atoms with Crippen LogP contribution >= 0.6 is 0 Å². The average molecular weight is 217 g/mol. The first-order valence-corrected chi connectivity index (χ1v) is 5.92. The highest BCUT2D eigenvalue weighted by molar-refractivity contribution is 5.98. The molecule has 1 amide bonds. The lowest BCUT2D eigenvalue weighted by molar-refractivity contribution is -0.130. The van der Waals surface area contributed by atoms with Gasteiger partial charge in [0.2, 0.25) is 5.91 Å². The van der Waals surface area contributed by atoms with Gasteiger partial charge in [-0.1, -0.05) is 6.08 Å². The molecular formula is C13H15NO2. The molecule has 0 radical (unpaired) electrons. The number of carbonyl (C=O) groups excluding carboxylic acids is 2. The van der Waals surface area contributed by atoms with E-state index in [-0.39, 0.29) is 17.6 Å². The first-order chi connectivity index (χ1) is 7.66. The molecule has 1 aliphatic heterocycles. The molecule has 3 rings (SSSR count). The lowest BCUT2D eigenvalue weighted by Gasteiger charge is -2.21. The fraction of sp³-hybridized carbons (Fsp3) is 0.538. The molecule has 3 nitrogen and oxygen atoms in total. The SMILES string of the molecule is CC1C(=O)N(CC2CC2)C2=C1C=CC(=O)C2. The third-order valence-corrected chi connectivity index (χ3v) is 3.69. The Morgan fingerprint density at radius 3 is 2.75 bits per heavy atom. The molecule has 1 fully saturated rings. The Bertz CT molecular complexity index is 429. The summed E-state index contributed by atoms with van der Waals surface area (Å²) in [7, 11) is 0. The molecule has 0 aromatic rings. The molecule has 1 atom stereocenters. The summed E-state index contributed by atoms with van der Waals surface area (Å²) < 4.78 is 0. The second-order valence-corrected chi connectivity index (χ2v) is 4.99. The fourth-order valence-electron chi connectivity index (χ4n) is 2.51. The van der Waals surface area contributed by atoms with E-state index in [1.807, 2.05) is 17.9 Å². The fourth-order valence-corrected chi connectivity index (χ4v) is 2.51. The topological polar surface area (TPSA) is 37.4 Å². The normalized spacial score (nSPS) is 29.1. The van der Waals surface area contributed by atoms with Crippen LogP contribution in [0, 0.1) is 11.8 Å². The second-order valence-electron chi connectivity index (χ2n) is 4.99. The van der Waals surface area contributed by atoms with Gasteiger partial charge in [0.05, 0.1) is 12.3 Å². The van der Waals surface area contributed by atoms with Crippen molar-refractivity contribution in [3.63, 3.8) is 0 Å². The number of allylic oxidation sites excluding steroid dienone is 3. The average Bonchev–Trinajstić information content (AvgIpc) is 3.04. The van der Waals surface area contributed by atoms with Gasteiger partial charge < -0.3 is 4.90 Å². The first kappa shape index (κ1) is 9.82. The van der Waals surface area contributed by atoms with E-state index in [1.165, 1.54) is 12.8 Å². The number of ketones is 1. The molecule has 0 saturated heterocycles. The largest absolute Gasteiger partial charge is 0.315 e. The molecule has 0 N–H and O–H groups in total. The molecule has 84 valence electrons. The van der Waals surface area contributed by atoms with Crippen molar-refractivity contribution in [1.82, 2.24) is 4.90 Å². The maximum absolute atomic E-state index is 12.1. The zero-order valence-corrected chi connectivity index (χ0v) is 9.40. The van der Waals surface area contributed by atoms with Crippen LogP contribution in [0.2, 0.25) is 0 Å². The van der Waals surface area contributed by atoms with E-state index in [9.17, 15) is 9.59 Å². The summed E-state index contributed by atoms with van der Waals surface area (Å²) in [5.41, 5.74) is 2.03. The highest BCUT2D eigenvalue weighted by atomic mass is 16.2. The summed E-state index contributed by atoms with van der Waals surface area (Å²) in [6.45, 7) is 2.76. The van der Waals surface area contributed by atoms with Crippen LogP contribution in [-0.2, 0) is 9.59 Å². The monoisotopic (exact) mass is 217 g/mol. The molecule has 3 heteroatoms. The van der Waals surface area contributed by atoms with E-state index in [0.717, 1.165) is 17.8 Å². The Labute approximate surface area is 94.8 Å². The van der Waals surface area contributed by atoms with Gasteiger partial charge in [-0.05, 0) is 37.3 Å². The molecule has 1 saturated carbocycles. The van der Waals surface area contributed by atoms with E-state index >= 15 is 0 Å². The summed E-state index contributed by atoms with van der Waals surface area (Å²) in [5.74, 6) is 0.903. The van der Waals surface area contributed by atoms with E-state index in [2.05, 4.69) is 0 Å². The Morgan fingerprint density at radius 1 is 1.31 bits per heavy atom. The van der Waals surface area contributed by atoms with Crippen molar-refractivity contribution in [2.75, 3.05) is 6.54 Å². The summed E-state index contributed by atoms with van der Waals surface area (Å²) in [6.07, 6.45) is 6.30. The quantitative estimate of drug-likeness (QED) is 0.705. The van der Waals surface area contributed by atoms with E-state index in [0.29, 0.717) is 12.3 Å². The van der Waals surface area contributed by atoms with Gasteiger partial charge in [-0.3, -0.25) is 9.59 Å². The van der Waals surface area contributed by atoms with Crippen LogP contribution in [0.5, 0.6) is 0 Å². The number of rotatable bonds is 2. The maximum atomic E-state index is 12.1. The highest BCUT2D eigenvalue weighted by Gasteiger charge is 2.39. The van der Waals surface area contributed by atoms with Crippen molar-refractivity contribution in [3.8, 4) is 0 Å². The molecule has 0 aromatic carbocycles. The van der Waals surface area contributed by atoms with Gasteiger partial charge in [0.1, 0.15) is 0 Å². The van der Waals surface area contributed by atoms with Crippen LogP contribution in [0.25, 0.3) is 0 Å². The summed E-state index contributed by atoms with van der Waals surface area (Å²) in [4.78, 5) is 25.3. The third kappa shape index (κ3) is 1.42. The van der Waals surface area contributed by atoms with Gasteiger partial charge in [-0.25, -0.2) is 0 Å². The first-order valence-electron chi connectivity index (χ1n) is 5.92. The standard InChI is InChI=1S/C13H15NO2/c1-8-11-5-4-10(15)6-12(11)14(13(8)16)7-9-2-3-9/h4-5,8-9H,2-3,6-7H2,1H3. The van der Waals surface area contributed by atoms with Crippen LogP contribution in [0.1, 0.15) is 26.2 Å². The zero-order valence-electron chi connectivity index (χ0n) is 9.40. The van der Waals surface area contributed by atoms with E-state index in [1.54, 1.807) is 6.08 Å². The Morgan fingerprint density at radius 2 is 2.06 bits per heavy atom. The number of nitrogens with zero attached hydrogens (tertiary/aromatic N) is 1. The van der Waals surface area contributed by atoms with Gasteiger partial charge in [0.25, 0.3) is 0 Å². The minimum atomic E-state index is -0.0573. The molecule has 0 bridgehead atoms. The molecule has 2 aliphatic carbocycles. The number of hydrogen-bond acceptors (Lipinski definition) is 2. The predicted molar refractivity (Wildman–Crippen MR) is 59.4 cm³/mol. The minimum absolute atomic E-state index is 0.0573. The highest BCUT2D eigenvalue weighted by Crippen LogP contribution is 2.39. The lowest BCUT2D eigenvalue weighted by atomic mass is 9.96. The van der Waals surface area contributed by atoms with Crippen molar-refractivity contribution in [3.05, 3.63) is 23.4 Å². The molecular weight excluding hydrogens is 202 g/mol. The summed E-state index contributed by atoms with van der Waals surface area (Å²) in [6, 6.07) is 0. The van der Waals surface area contributed by atoms with Crippen LogP contribution in [0.4, 0.5) is 0 Å². The van der Waals surface area contributed by atoms with Crippen molar-refractivity contribution >= 4 is 11.7 Å². The smallest absolute Gasteiger partial charge is 0.234 e. The molecule has 1 heterocycles. The molecule has 0 aromatic heterocycles. The third-order valence-electron chi connectivity index (χ3n) is 3.69. The molecule has 1 unspecified atom stereocenters. The Kier molecular flexibility index (Phi) is 2.03. The van der Waals surface area contributed by atoms with Crippen molar-refractivity contribution in [1.29, 1.82) is 0 Å². The lowest BCUT2D eigenvalue weighted by Crippen LogP contribution is -2.30. The molecule has 3 aliphatic rings. The van der Waals surface area contributed by atoms with Gasteiger partial charge in [-0.2, -0.15) is 0 Å². The Hall–Kier alpha value is -1.38. The Balaban J connectivity index is 1.91. The van der Waals surface area contributed by atoms with Crippen molar-refractivity contribution < 1.29 is 9.59 Å². The van der Waals surface area contributed by atoms with Gasteiger partial charge in [0, 0.05) is 12.2 Å². The zero-order chi connectivity index (χ0) is 11.3. The van der Waals surface area contributed by atoms with Crippen molar-refractivity contribution in [2.24, 2.45) is 11.8 Å². The summed E-state index contributed by atoms with van der Waals surface area (Å²) >= 11 is 0. The van der Waals surface area contributed by atoms with Gasteiger partial charge >= 0.3 is 0 Å². The van der Waals surface area contributed by atoms with Crippen molar-refractivity contribution in [2.45, 2.75) is 26.2 Å². The van der Waals surface area contributed by atoms with E-state index < -0.39 is 0 Å². The number of carbonyl (C=O) groups is 2. The predicted octanol–water partition coefficient (Wildman–Crippen LogP) is 1.66. The van der Waals surface area contributed by atoms with Crippen LogP contribution in [0.15, 0.2) is 23.4 Å². The second kappa shape index (κ2) is 3.30.